The molecule has 0 saturated heterocycles. The van der Waals surface area contributed by atoms with E-state index in [1.807, 2.05) is 19.2 Å². The highest BCUT2D eigenvalue weighted by Gasteiger charge is 2.25. The van der Waals surface area contributed by atoms with Crippen molar-refractivity contribution in [2.45, 2.75) is 38.6 Å². The van der Waals surface area contributed by atoms with Crippen molar-refractivity contribution < 1.29 is 0 Å². The van der Waals surface area contributed by atoms with Gasteiger partial charge in [-0.15, -0.1) is 11.6 Å². The maximum atomic E-state index is 5.77. The van der Waals surface area contributed by atoms with E-state index in [9.17, 15) is 0 Å². The van der Waals surface area contributed by atoms with E-state index < -0.39 is 0 Å². The molecule has 0 amide bonds. The fraction of sp³-hybridized carbons (Fsp3) is 0.667. The molecule has 0 radical (unpaired) electrons. The molecule has 0 unspecified atom stereocenters. The van der Waals surface area contributed by atoms with E-state index in [1.54, 1.807) is 0 Å². The van der Waals surface area contributed by atoms with Gasteiger partial charge in [0.05, 0.1) is 0 Å². The number of aryl methyl sites for hydroxylation is 1. The van der Waals surface area contributed by atoms with Crippen molar-refractivity contribution in [2.24, 2.45) is 0 Å². The van der Waals surface area contributed by atoms with Gasteiger partial charge >= 0.3 is 0 Å². The Kier molecular flexibility index (Phi) is 3.99. The highest BCUT2D eigenvalue weighted by molar-refractivity contribution is 6.17. The van der Waals surface area contributed by atoms with Gasteiger partial charge in [-0.3, -0.25) is 0 Å². The lowest BCUT2D eigenvalue weighted by Crippen LogP contribution is -2.41. The summed E-state index contributed by atoms with van der Waals surface area (Å²) >= 11 is 5.77. The zero-order valence-corrected chi connectivity index (χ0v) is 10.5. The van der Waals surface area contributed by atoms with Crippen molar-refractivity contribution in [1.29, 1.82) is 0 Å². The van der Waals surface area contributed by atoms with Crippen LogP contribution in [0.1, 0.15) is 31.5 Å². The number of hydrogen-bond donors (Lipinski definition) is 0. The summed E-state index contributed by atoms with van der Waals surface area (Å²) in [5.74, 6) is 2.61. The molecule has 88 valence electrons. The Labute approximate surface area is 102 Å². The largest absolute Gasteiger partial charge is 0.353 e. The lowest BCUT2D eigenvalue weighted by atomic mass is 9.91. The van der Waals surface area contributed by atoms with E-state index in [-0.39, 0.29) is 0 Å². The van der Waals surface area contributed by atoms with Crippen LogP contribution in [0.25, 0.3) is 0 Å². The monoisotopic (exact) mass is 239 g/mol. The van der Waals surface area contributed by atoms with E-state index in [2.05, 4.69) is 14.9 Å². The quantitative estimate of drug-likeness (QED) is 0.740. The molecule has 1 aliphatic rings. The molecule has 1 saturated carbocycles. The Hall–Kier alpha value is -0.830. The van der Waals surface area contributed by atoms with Crippen molar-refractivity contribution >= 4 is 17.4 Å². The van der Waals surface area contributed by atoms with Crippen LogP contribution < -0.4 is 4.90 Å². The minimum absolute atomic E-state index is 0.664. The first-order valence-electron chi connectivity index (χ1n) is 5.93. The molecular formula is C12H18ClN3. The average molecular weight is 240 g/mol. The summed E-state index contributed by atoms with van der Waals surface area (Å²) in [5, 5.41) is 0. The maximum Gasteiger partial charge on any atom is 0.132 e. The minimum Gasteiger partial charge on any atom is -0.353 e. The second kappa shape index (κ2) is 5.48. The predicted molar refractivity (Wildman–Crippen MR) is 67.1 cm³/mol. The highest BCUT2D eigenvalue weighted by Crippen LogP contribution is 2.28. The van der Waals surface area contributed by atoms with Gasteiger partial charge in [-0.1, -0.05) is 0 Å². The van der Waals surface area contributed by atoms with Crippen molar-refractivity contribution in [3.63, 3.8) is 0 Å². The normalized spacial score (nSPS) is 15.9. The first-order valence-corrected chi connectivity index (χ1v) is 6.47. The molecule has 16 heavy (non-hydrogen) atoms. The van der Waals surface area contributed by atoms with Gasteiger partial charge in [0.25, 0.3) is 0 Å². The third-order valence-electron chi connectivity index (χ3n) is 3.10. The van der Waals surface area contributed by atoms with E-state index in [0.29, 0.717) is 11.9 Å². The van der Waals surface area contributed by atoms with Gasteiger partial charge in [-0.25, -0.2) is 9.97 Å². The number of nitrogens with zero attached hydrogens (tertiary/aromatic N) is 3. The van der Waals surface area contributed by atoms with Crippen LogP contribution in [0.15, 0.2) is 12.3 Å². The van der Waals surface area contributed by atoms with Gasteiger partial charge in [0.2, 0.25) is 0 Å². The molecule has 3 nitrogen and oxygen atoms in total. The molecule has 0 bridgehead atoms. The zero-order valence-electron chi connectivity index (χ0n) is 9.69. The maximum absolute atomic E-state index is 5.77. The Morgan fingerprint density at radius 1 is 1.50 bits per heavy atom. The van der Waals surface area contributed by atoms with Crippen LogP contribution in [0, 0.1) is 6.92 Å². The third kappa shape index (κ3) is 2.64. The summed E-state index contributed by atoms with van der Waals surface area (Å²) in [7, 11) is 0. The first-order chi connectivity index (χ1) is 7.81. The summed E-state index contributed by atoms with van der Waals surface area (Å²) in [6, 6.07) is 2.66. The molecule has 0 aromatic carbocycles. The molecule has 0 spiro atoms. The van der Waals surface area contributed by atoms with Crippen LogP contribution in [0.3, 0.4) is 0 Å². The standard InChI is InChI=1S/C12H18ClN3/c1-10-14-8-6-12(15-10)16(9-3-7-13)11-4-2-5-11/h6,8,11H,2-5,7,9H2,1H3. The molecule has 1 aromatic rings. The Morgan fingerprint density at radius 3 is 2.88 bits per heavy atom. The average Bonchev–Trinajstić information content (AvgIpc) is 2.21. The Bertz CT molecular complexity index is 339. The van der Waals surface area contributed by atoms with Crippen molar-refractivity contribution in [2.75, 3.05) is 17.3 Å². The molecule has 4 heteroatoms. The van der Waals surface area contributed by atoms with Crippen molar-refractivity contribution in [3.8, 4) is 0 Å². The molecule has 1 aliphatic carbocycles. The van der Waals surface area contributed by atoms with Crippen LogP contribution in [-0.4, -0.2) is 28.4 Å². The Morgan fingerprint density at radius 2 is 2.31 bits per heavy atom. The van der Waals surface area contributed by atoms with E-state index in [4.69, 9.17) is 11.6 Å². The minimum atomic E-state index is 0.664. The smallest absolute Gasteiger partial charge is 0.132 e. The van der Waals surface area contributed by atoms with E-state index in [0.717, 1.165) is 24.6 Å². The fourth-order valence-corrected chi connectivity index (χ4v) is 2.14. The van der Waals surface area contributed by atoms with Crippen LogP contribution in [0.5, 0.6) is 0 Å². The zero-order chi connectivity index (χ0) is 11.4. The number of alkyl halides is 1. The second-order valence-corrected chi connectivity index (χ2v) is 4.66. The lowest BCUT2D eigenvalue weighted by Gasteiger charge is -2.38. The molecule has 0 aliphatic heterocycles. The van der Waals surface area contributed by atoms with Crippen LogP contribution in [-0.2, 0) is 0 Å². The molecule has 1 fully saturated rings. The number of rotatable bonds is 5. The van der Waals surface area contributed by atoms with E-state index in [1.165, 1.54) is 19.3 Å². The van der Waals surface area contributed by atoms with Gasteiger partial charge in [0, 0.05) is 24.7 Å². The summed E-state index contributed by atoms with van der Waals surface area (Å²) in [5.41, 5.74) is 0. The highest BCUT2D eigenvalue weighted by atomic mass is 35.5. The van der Waals surface area contributed by atoms with Gasteiger partial charge in [0.1, 0.15) is 11.6 Å². The molecule has 0 N–H and O–H groups in total. The summed E-state index contributed by atoms with van der Waals surface area (Å²) in [4.78, 5) is 11.0. The third-order valence-corrected chi connectivity index (χ3v) is 3.37. The second-order valence-electron chi connectivity index (χ2n) is 4.28. The fourth-order valence-electron chi connectivity index (χ4n) is 2.02. The van der Waals surface area contributed by atoms with Crippen LogP contribution in [0.2, 0.25) is 0 Å². The van der Waals surface area contributed by atoms with Crippen LogP contribution in [0.4, 0.5) is 5.82 Å². The van der Waals surface area contributed by atoms with Gasteiger partial charge in [0.15, 0.2) is 0 Å². The van der Waals surface area contributed by atoms with Crippen LogP contribution >= 0.6 is 11.6 Å². The predicted octanol–water partition coefficient (Wildman–Crippen LogP) is 2.77. The van der Waals surface area contributed by atoms with Crippen molar-refractivity contribution in [1.82, 2.24) is 9.97 Å². The number of anilines is 1. The first kappa shape index (κ1) is 11.6. The lowest BCUT2D eigenvalue weighted by molar-refractivity contribution is 0.383. The summed E-state index contributed by atoms with van der Waals surface area (Å²) < 4.78 is 0. The van der Waals surface area contributed by atoms with E-state index >= 15 is 0 Å². The van der Waals surface area contributed by atoms with Gasteiger partial charge < -0.3 is 4.90 Å². The molecule has 0 atom stereocenters. The summed E-state index contributed by atoms with van der Waals surface area (Å²) in [6.07, 6.45) is 6.76. The number of aromatic nitrogens is 2. The topological polar surface area (TPSA) is 29.0 Å². The Balaban J connectivity index is 2.10. The molecular weight excluding hydrogens is 222 g/mol. The summed E-state index contributed by atoms with van der Waals surface area (Å²) in [6.45, 7) is 2.94. The molecule has 1 aromatic heterocycles. The number of hydrogen-bond acceptors (Lipinski definition) is 3. The SMILES string of the molecule is Cc1nccc(N(CCCCl)C2CCC2)n1. The van der Waals surface area contributed by atoms with Gasteiger partial charge in [-0.2, -0.15) is 0 Å². The number of halogens is 1. The molecule has 1 heterocycles. The molecule has 2 rings (SSSR count). The van der Waals surface area contributed by atoms with Crippen molar-refractivity contribution in [3.05, 3.63) is 18.1 Å². The van der Waals surface area contributed by atoms with Gasteiger partial charge in [-0.05, 0) is 38.7 Å².